The Morgan fingerprint density at radius 3 is 2.54 bits per heavy atom. The minimum atomic E-state index is -3.75. The van der Waals surface area contributed by atoms with Crippen molar-refractivity contribution in [3.05, 3.63) is 48.0 Å². The summed E-state index contributed by atoms with van der Waals surface area (Å²) in [6.07, 6.45) is 0. The molecule has 2 aromatic rings. The molecule has 1 atom stereocenters. The van der Waals surface area contributed by atoms with Crippen LogP contribution in [0.2, 0.25) is 0 Å². The Morgan fingerprint density at radius 1 is 1.15 bits per heavy atom. The van der Waals surface area contributed by atoms with Crippen molar-refractivity contribution < 1.29 is 22.7 Å². The maximum Gasteiger partial charge on any atom is 0.241 e. The molecule has 0 bridgehead atoms. The van der Waals surface area contributed by atoms with E-state index in [-0.39, 0.29) is 17.6 Å². The number of nitrogens with one attached hydrogen (secondary N) is 2. The zero-order valence-electron chi connectivity index (χ0n) is 14.1. The van der Waals surface area contributed by atoms with Crippen molar-refractivity contribution in [1.29, 1.82) is 0 Å². The average molecular weight is 377 g/mol. The first-order chi connectivity index (χ1) is 12.3. The van der Waals surface area contributed by atoms with Gasteiger partial charge in [0.1, 0.15) is 0 Å². The molecule has 0 spiro atoms. The van der Waals surface area contributed by atoms with Crippen LogP contribution in [0.5, 0.6) is 11.5 Å². The maximum absolute atomic E-state index is 12.2. The van der Waals surface area contributed by atoms with Gasteiger partial charge in [-0.15, -0.1) is 0 Å². The molecule has 0 fully saturated rings. The number of sulfonamides is 1. The van der Waals surface area contributed by atoms with Crippen molar-refractivity contribution in [1.82, 2.24) is 5.32 Å². The highest BCUT2D eigenvalue weighted by Gasteiger charge is 2.16. The predicted octanol–water partition coefficient (Wildman–Crippen LogP) is 1.18. The lowest BCUT2D eigenvalue weighted by Crippen LogP contribution is -2.37. The molecule has 1 aliphatic heterocycles. The number of ether oxygens (including phenoxy) is 2. The summed E-state index contributed by atoms with van der Waals surface area (Å²) in [5.74, 6) is 1.16. The van der Waals surface area contributed by atoms with Gasteiger partial charge in [-0.1, -0.05) is 6.07 Å². The Morgan fingerprint density at radius 2 is 1.85 bits per heavy atom. The highest BCUT2D eigenvalue weighted by molar-refractivity contribution is 7.89. The van der Waals surface area contributed by atoms with Gasteiger partial charge < -0.3 is 20.1 Å². The number of nitrogens with two attached hydrogens (primary N) is 1. The lowest BCUT2D eigenvalue weighted by Gasteiger charge is -2.14. The van der Waals surface area contributed by atoms with Gasteiger partial charge >= 0.3 is 0 Å². The van der Waals surface area contributed by atoms with Gasteiger partial charge in [0.05, 0.1) is 10.9 Å². The minimum Gasteiger partial charge on any atom is -0.454 e. The summed E-state index contributed by atoms with van der Waals surface area (Å²) in [6, 6.07) is 10.8. The first-order valence-electron chi connectivity index (χ1n) is 7.88. The number of hydrogen-bond donors (Lipinski definition) is 3. The van der Waals surface area contributed by atoms with Gasteiger partial charge in [-0.05, 0) is 48.9 Å². The molecule has 1 aliphatic rings. The fraction of sp³-hybridized carbons (Fsp3) is 0.235. The highest BCUT2D eigenvalue weighted by Crippen LogP contribution is 2.32. The summed E-state index contributed by atoms with van der Waals surface area (Å²) >= 11 is 0. The van der Waals surface area contributed by atoms with Crippen LogP contribution in [0.4, 0.5) is 5.69 Å². The fourth-order valence-corrected chi connectivity index (χ4v) is 2.91. The van der Waals surface area contributed by atoms with Crippen LogP contribution in [0.1, 0.15) is 12.5 Å². The molecular weight excluding hydrogens is 358 g/mol. The smallest absolute Gasteiger partial charge is 0.241 e. The van der Waals surface area contributed by atoms with Crippen molar-refractivity contribution in [2.75, 3.05) is 12.1 Å². The van der Waals surface area contributed by atoms with E-state index in [9.17, 15) is 13.2 Å². The number of anilines is 1. The first kappa shape index (κ1) is 18.2. The summed E-state index contributed by atoms with van der Waals surface area (Å²) in [5.41, 5.74) is 1.45. The van der Waals surface area contributed by atoms with E-state index in [4.69, 9.17) is 14.6 Å². The summed E-state index contributed by atoms with van der Waals surface area (Å²) in [5, 5.41) is 10.9. The van der Waals surface area contributed by atoms with E-state index in [1.54, 1.807) is 6.92 Å². The summed E-state index contributed by atoms with van der Waals surface area (Å²) in [4.78, 5) is 12.2. The summed E-state index contributed by atoms with van der Waals surface area (Å²) in [6.45, 7) is 2.44. The zero-order chi connectivity index (χ0) is 18.7. The monoisotopic (exact) mass is 377 g/mol. The molecular formula is C17H19N3O5S. The van der Waals surface area contributed by atoms with E-state index in [2.05, 4.69) is 10.6 Å². The van der Waals surface area contributed by atoms with E-state index in [1.807, 2.05) is 18.2 Å². The third-order valence-electron chi connectivity index (χ3n) is 3.89. The second-order valence-electron chi connectivity index (χ2n) is 5.85. The molecule has 0 aliphatic carbocycles. The number of benzene rings is 2. The number of carbonyl (C=O) groups is 1. The molecule has 0 unspecified atom stereocenters. The summed E-state index contributed by atoms with van der Waals surface area (Å²) < 4.78 is 33.0. The van der Waals surface area contributed by atoms with Gasteiger partial charge in [0.2, 0.25) is 22.7 Å². The zero-order valence-corrected chi connectivity index (χ0v) is 14.9. The second-order valence-corrected chi connectivity index (χ2v) is 7.41. The van der Waals surface area contributed by atoms with Gasteiger partial charge in [0.25, 0.3) is 0 Å². The molecule has 26 heavy (non-hydrogen) atoms. The molecule has 0 radical (unpaired) electrons. The molecule has 1 amide bonds. The molecule has 2 aromatic carbocycles. The van der Waals surface area contributed by atoms with Gasteiger partial charge in [-0.25, -0.2) is 13.6 Å². The van der Waals surface area contributed by atoms with Crippen LogP contribution in [0.25, 0.3) is 0 Å². The number of primary sulfonamides is 1. The van der Waals surface area contributed by atoms with Crippen molar-refractivity contribution in [3.8, 4) is 11.5 Å². The van der Waals surface area contributed by atoms with E-state index in [0.717, 1.165) is 5.56 Å². The lowest BCUT2D eigenvalue weighted by atomic mass is 10.2. The van der Waals surface area contributed by atoms with Gasteiger partial charge in [0, 0.05) is 12.2 Å². The van der Waals surface area contributed by atoms with E-state index in [0.29, 0.717) is 23.7 Å². The SMILES string of the molecule is C[C@H](NCc1ccc2c(c1)OCO2)C(=O)Nc1ccc(S(N)(=O)=O)cc1. The molecule has 3 rings (SSSR count). The average Bonchev–Trinajstić information content (AvgIpc) is 3.07. The Kier molecular flexibility index (Phi) is 5.12. The number of rotatable bonds is 6. The minimum absolute atomic E-state index is 0.00974. The van der Waals surface area contributed by atoms with Gasteiger partial charge in [0.15, 0.2) is 11.5 Å². The third-order valence-corrected chi connectivity index (χ3v) is 4.82. The Labute approximate surface area is 151 Å². The van der Waals surface area contributed by atoms with Gasteiger partial charge in [-0.2, -0.15) is 0 Å². The molecule has 0 saturated carbocycles. The Balaban J connectivity index is 1.54. The third kappa shape index (κ3) is 4.31. The largest absolute Gasteiger partial charge is 0.454 e. The molecule has 0 saturated heterocycles. The number of hydrogen-bond acceptors (Lipinski definition) is 6. The maximum atomic E-state index is 12.2. The Bertz CT molecular complexity index is 912. The summed E-state index contributed by atoms with van der Waals surface area (Å²) in [7, 11) is -3.75. The molecule has 0 aromatic heterocycles. The first-order valence-corrected chi connectivity index (χ1v) is 9.43. The normalized spacial score (nSPS) is 14.1. The molecule has 1 heterocycles. The van der Waals surface area contributed by atoms with Crippen LogP contribution < -0.4 is 25.2 Å². The second kappa shape index (κ2) is 7.32. The van der Waals surface area contributed by atoms with Crippen molar-refractivity contribution >= 4 is 21.6 Å². The number of amides is 1. The van der Waals surface area contributed by atoms with Crippen molar-refractivity contribution in [2.45, 2.75) is 24.4 Å². The quantitative estimate of drug-likeness (QED) is 0.695. The van der Waals surface area contributed by atoms with E-state index >= 15 is 0 Å². The van der Waals surface area contributed by atoms with E-state index in [1.165, 1.54) is 24.3 Å². The van der Waals surface area contributed by atoms with Crippen LogP contribution in [0, 0.1) is 0 Å². The molecule has 138 valence electrons. The molecule has 9 heteroatoms. The van der Waals surface area contributed by atoms with Crippen LogP contribution in [0.15, 0.2) is 47.4 Å². The number of carbonyl (C=O) groups excluding carboxylic acids is 1. The lowest BCUT2D eigenvalue weighted by molar-refractivity contribution is -0.117. The van der Waals surface area contributed by atoms with Crippen molar-refractivity contribution in [2.24, 2.45) is 5.14 Å². The molecule has 8 nitrogen and oxygen atoms in total. The van der Waals surface area contributed by atoms with Crippen LogP contribution >= 0.6 is 0 Å². The van der Waals surface area contributed by atoms with Crippen LogP contribution in [-0.4, -0.2) is 27.2 Å². The topological polar surface area (TPSA) is 120 Å². The van der Waals surface area contributed by atoms with Gasteiger partial charge in [-0.3, -0.25) is 4.79 Å². The molecule has 4 N–H and O–H groups in total. The Hall–Kier alpha value is -2.62. The van der Waals surface area contributed by atoms with Crippen LogP contribution in [-0.2, 0) is 21.4 Å². The number of fused-ring (bicyclic) bond motifs is 1. The van der Waals surface area contributed by atoms with E-state index < -0.39 is 16.1 Å². The van der Waals surface area contributed by atoms with Crippen LogP contribution in [0.3, 0.4) is 0 Å². The standard InChI is InChI=1S/C17H19N3O5S/c1-11(19-9-12-2-7-15-16(8-12)25-10-24-15)17(21)20-13-3-5-14(6-4-13)26(18,22)23/h2-8,11,19H,9-10H2,1H3,(H,20,21)(H2,18,22,23)/t11-/m0/s1. The highest BCUT2D eigenvalue weighted by atomic mass is 32.2. The fourth-order valence-electron chi connectivity index (χ4n) is 2.39. The van der Waals surface area contributed by atoms with Crippen molar-refractivity contribution in [3.63, 3.8) is 0 Å². The predicted molar refractivity (Wildman–Crippen MR) is 95.3 cm³/mol.